The fourth-order valence-electron chi connectivity index (χ4n) is 1.82. The van der Waals surface area contributed by atoms with Gasteiger partial charge in [0.2, 0.25) is 10.0 Å². The van der Waals surface area contributed by atoms with Crippen LogP contribution in [0.15, 0.2) is 17.0 Å². The first-order valence-electron chi connectivity index (χ1n) is 6.11. The summed E-state index contributed by atoms with van der Waals surface area (Å²) in [6.45, 7) is 0.602. The molecule has 0 bridgehead atoms. The van der Waals surface area contributed by atoms with Crippen molar-refractivity contribution in [3.63, 3.8) is 0 Å². The van der Waals surface area contributed by atoms with E-state index in [1.807, 2.05) is 0 Å². The molecule has 0 spiro atoms. The third-order valence-electron chi connectivity index (χ3n) is 3.15. The molecule has 7 heteroatoms. The monoisotopic (exact) mass is 322 g/mol. The fourth-order valence-corrected chi connectivity index (χ4v) is 3.74. The van der Waals surface area contributed by atoms with Gasteiger partial charge in [-0.3, -0.25) is 0 Å². The van der Waals surface area contributed by atoms with Crippen LogP contribution < -0.4 is 10.5 Å². The summed E-state index contributed by atoms with van der Waals surface area (Å²) < 4.78 is 26.9. The zero-order valence-corrected chi connectivity index (χ0v) is 12.7. The highest BCUT2D eigenvalue weighted by atomic mass is 35.5. The van der Waals surface area contributed by atoms with Gasteiger partial charge in [-0.1, -0.05) is 36.0 Å². The summed E-state index contributed by atoms with van der Waals surface area (Å²) in [5.74, 6) is 0.669. The molecular weight excluding hydrogens is 307 g/mol. The Labute approximate surface area is 123 Å². The van der Waals surface area contributed by atoms with E-state index in [0.29, 0.717) is 23.0 Å². The van der Waals surface area contributed by atoms with Gasteiger partial charge in [0.25, 0.3) is 0 Å². The van der Waals surface area contributed by atoms with Crippen LogP contribution in [0.3, 0.4) is 0 Å². The Kier molecular flexibility index (Phi) is 4.74. The molecule has 0 atom stereocenters. The largest absolute Gasteiger partial charge is 0.326 e. The molecule has 19 heavy (non-hydrogen) atoms. The van der Waals surface area contributed by atoms with Gasteiger partial charge < -0.3 is 5.73 Å². The second-order valence-electron chi connectivity index (χ2n) is 4.71. The predicted octanol–water partition coefficient (Wildman–Crippen LogP) is 2.53. The number of nitrogens with two attached hydrogens (primary N) is 1. The number of nitrogens with one attached hydrogen (secondary N) is 1. The third kappa shape index (κ3) is 3.83. The van der Waals surface area contributed by atoms with E-state index in [1.54, 1.807) is 0 Å². The molecule has 1 aromatic carbocycles. The van der Waals surface area contributed by atoms with E-state index in [4.69, 9.17) is 28.9 Å². The maximum absolute atomic E-state index is 12.2. The number of rotatable bonds is 6. The van der Waals surface area contributed by atoms with E-state index < -0.39 is 10.0 Å². The van der Waals surface area contributed by atoms with Crippen LogP contribution in [0.1, 0.15) is 24.8 Å². The van der Waals surface area contributed by atoms with Crippen LogP contribution in [-0.4, -0.2) is 15.0 Å². The van der Waals surface area contributed by atoms with Crippen LogP contribution in [0.25, 0.3) is 0 Å². The molecule has 0 radical (unpaired) electrons. The predicted molar refractivity (Wildman–Crippen MR) is 76.9 cm³/mol. The molecule has 0 unspecified atom stereocenters. The van der Waals surface area contributed by atoms with Gasteiger partial charge in [-0.15, -0.1) is 0 Å². The Morgan fingerprint density at radius 1 is 1.26 bits per heavy atom. The molecule has 0 aromatic heterocycles. The van der Waals surface area contributed by atoms with E-state index in [1.165, 1.54) is 25.0 Å². The average Bonchev–Trinajstić information content (AvgIpc) is 3.12. The van der Waals surface area contributed by atoms with E-state index in [0.717, 1.165) is 6.42 Å². The first kappa shape index (κ1) is 15.1. The molecule has 1 aromatic rings. The molecule has 0 aliphatic heterocycles. The van der Waals surface area contributed by atoms with Crippen molar-refractivity contribution in [3.8, 4) is 0 Å². The second kappa shape index (κ2) is 5.97. The van der Waals surface area contributed by atoms with Crippen molar-refractivity contribution in [2.45, 2.75) is 30.7 Å². The number of benzene rings is 1. The van der Waals surface area contributed by atoms with Crippen molar-refractivity contribution in [1.29, 1.82) is 0 Å². The SMILES string of the molecule is NCc1cc(S(=O)(=O)NCCC2CC2)c(Cl)cc1Cl. The van der Waals surface area contributed by atoms with Crippen molar-refractivity contribution in [2.24, 2.45) is 11.7 Å². The molecule has 4 nitrogen and oxygen atoms in total. The number of sulfonamides is 1. The lowest BCUT2D eigenvalue weighted by atomic mass is 10.2. The standard InChI is InChI=1S/C12H16Cl2N2O2S/c13-10-6-11(14)12(5-9(10)7-15)19(17,18)16-4-3-8-1-2-8/h5-6,8,16H,1-4,7,15H2. The van der Waals surface area contributed by atoms with Gasteiger partial charge in [0.1, 0.15) is 4.90 Å². The number of hydrogen-bond acceptors (Lipinski definition) is 3. The Morgan fingerprint density at radius 3 is 2.53 bits per heavy atom. The van der Waals surface area contributed by atoms with Gasteiger partial charge in [0.15, 0.2) is 0 Å². The normalized spacial score (nSPS) is 15.7. The molecule has 1 saturated carbocycles. The molecule has 1 aliphatic carbocycles. The number of halogens is 2. The quantitative estimate of drug-likeness (QED) is 0.845. The van der Waals surface area contributed by atoms with Crippen molar-refractivity contribution < 1.29 is 8.42 Å². The van der Waals surface area contributed by atoms with E-state index in [-0.39, 0.29) is 16.5 Å². The van der Waals surface area contributed by atoms with E-state index in [2.05, 4.69) is 4.72 Å². The highest BCUT2D eigenvalue weighted by Crippen LogP contribution is 2.32. The van der Waals surface area contributed by atoms with Crippen molar-refractivity contribution in [3.05, 3.63) is 27.7 Å². The zero-order chi connectivity index (χ0) is 14.0. The Hall–Kier alpha value is -0.330. The lowest BCUT2D eigenvalue weighted by Gasteiger charge is -2.10. The summed E-state index contributed by atoms with van der Waals surface area (Å²) in [6, 6.07) is 2.85. The smallest absolute Gasteiger partial charge is 0.242 e. The summed E-state index contributed by atoms with van der Waals surface area (Å²) in [5, 5.41) is 0.491. The maximum atomic E-state index is 12.2. The Bertz CT molecular complexity index is 571. The zero-order valence-electron chi connectivity index (χ0n) is 10.3. The average molecular weight is 323 g/mol. The minimum Gasteiger partial charge on any atom is -0.326 e. The summed E-state index contributed by atoms with van der Waals surface area (Å²) in [6.07, 6.45) is 3.26. The van der Waals surface area contributed by atoms with Crippen LogP contribution in [-0.2, 0) is 16.6 Å². The van der Waals surface area contributed by atoms with Crippen LogP contribution in [0.5, 0.6) is 0 Å². The van der Waals surface area contributed by atoms with Gasteiger partial charge in [0, 0.05) is 18.1 Å². The van der Waals surface area contributed by atoms with Gasteiger partial charge in [-0.05, 0) is 30.0 Å². The lowest BCUT2D eigenvalue weighted by molar-refractivity contribution is 0.575. The molecule has 0 heterocycles. The highest BCUT2D eigenvalue weighted by molar-refractivity contribution is 7.89. The Morgan fingerprint density at radius 2 is 1.95 bits per heavy atom. The van der Waals surface area contributed by atoms with Crippen LogP contribution >= 0.6 is 23.2 Å². The van der Waals surface area contributed by atoms with Gasteiger partial charge >= 0.3 is 0 Å². The summed E-state index contributed by atoms with van der Waals surface area (Å²) in [4.78, 5) is 0.0369. The maximum Gasteiger partial charge on any atom is 0.242 e. The molecular formula is C12H16Cl2N2O2S. The first-order chi connectivity index (χ1) is 8.94. The molecule has 106 valence electrons. The minimum absolute atomic E-state index is 0.0369. The van der Waals surface area contributed by atoms with Crippen LogP contribution in [0, 0.1) is 5.92 Å². The summed E-state index contributed by atoms with van der Waals surface area (Å²) in [5.41, 5.74) is 6.08. The van der Waals surface area contributed by atoms with E-state index >= 15 is 0 Å². The lowest BCUT2D eigenvalue weighted by Crippen LogP contribution is -2.25. The minimum atomic E-state index is -3.60. The summed E-state index contributed by atoms with van der Waals surface area (Å²) in [7, 11) is -3.60. The van der Waals surface area contributed by atoms with Crippen LogP contribution in [0.4, 0.5) is 0 Å². The van der Waals surface area contributed by atoms with Crippen molar-refractivity contribution >= 4 is 33.2 Å². The third-order valence-corrected chi connectivity index (χ3v) is 5.43. The second-order valence-corrected chi connectivity index (χ2v) is 7.26. The highest BCUT2D eigenvalue weighted by Gasteiger charge is 2.23. The Balaban J connectivity index is 2.17. The van der Waals surface area contributed by atoms with Crippen molar-refractivity contribution in [2.75, 3.05) is 6.54 Å². The molecule has 0 saturated heterocycles. The fraction of sp³-hybridized carbons (Fsp3) is 0.500. The van der Waals surface area contributed by atoms with E-state index in [9.17, 15) is 8.42 Å². The molecule has 0 amide bonds. The van der Waals surface area contributed by atoms with Gasteiger partial charge in [-0.2, -0.15) is 0 Å². The van der Waals surface area contributed by atoms with Gasteiger partial charge in [0.05, 0.1) is 5.02 Å². The topological polar surface area (TPSA) is 72.2 Å². The van der Waals surface area contributed by atoms with Crippen LogP contribution in [0.2, 0.25) is 10.0 Å². The molecule has 1 fully saturated rings. The number of hydrogen-bond donors (Lipinski definition) is 2. The summed E-state index contributed by atoms with van der Waals surface area (Å²) >= 11 is 11.9. The van der Waals surface area contributed by atoms with Crippen molar-refractivity contribution in [1.82, 2.24) is 4.72 Å². The van der Waals surface area contributed by atoms with Gasteiger partial charge in [-0.25, -0.2) is 13.1 Å². The first-order valence-corrected chi connectivity index (χ1v) is 8.35. The molecule has 1 aliphatic rings. The molecule has 3 N–H and O–H groups in total. The molecule has 2 rings (SSSR count).